The maximum atomic E-state index is 14.5. The fourth-order valence-corrected chi connectivity index (χ4v) is 18.3. The van der Waals surface area contributed by atoms with Crippen LogP contribution in [0.15, 0.2) is 0 Å². The van der Waals surface area contributed by atoms with Gasteiger partial charge in [-0.1, -0.05) is 219 Å². The minimum absolute atomic E-state index is 0.113. The number of Topliss-reactive ketones (excluding diaryl/α,β-unsaturated/α-hetero) is 1. The van der Waals surface area contributed by atoms with Crippen molar-refractivity contribution in [1.82, 2.24) is 16.0 Å². The van der Waals surface area contributed by atoms with Crippen LogP contribution in [0.4, 0.5) is 0 Å². The van der Waals surface area contributed by atoms with Crippen molar-refractivity contribution in [3.63, 3.8) is 0 Å². The second kappa shape index (κ2) is 60.7. The Morgan fingerprint density at radius 1 is 0.402 bits per heavy atom. The fraction of sp³-hybridized carbons (Fsp3) is 0.933. The first-order chi connectivity index (χ1) is 63.1. The number of carboxylic acid groups (broad SMARTS) is 2. The van der Waals surface area contributed by atoms with Gasteiger partial charge < -0.3 is 185 Å². The molecule has 0 spiro atoms. The van der Waals surface area contributed by atoms with Crippen LogP contribution < -0.4 is 16.0 Å². The zero-order chi connectivity index (χ0) is 97.4. The number of aliphatic carboxylic acids is 2. The predicted molar refractivity (Wildman–Crippen MR) is 464 cm³/mol. The lowest BCUT2D eigenvalue weighted by Gasteiger charge is -2.53. The Balaban J connectivity index is 1.29. The average molecular weight is 1910 g/mol. The number of ether oxygens (including phenoxy) is 12. The van der Waals surface area contributed by atoms with Gasteiger partial charge in [-0.15, -0.1) is 0 Å². The van der Waals surface area contributed by atoms with Gasteiger partial charge in [0.2, 0.25) is 17.7 Å². The van der Waals surface area contributed by atoms with Crippen molar-refractivity contribution in [3.8, 4) is 0 Å². The summed E-state index contributed by atoms with van der Waals surface area (Å²) >= 11 is 0. The van der Waals surface area contributed by atoms with E-state index in [9.17, 15) is 136 Å². The highest BCUT2D eigenvalue weighted by molar-refractivity contribution is 5.78. The molecular weight excluding hydrogens is 1750 g/mol. The number of carbonyl (C=O) groups is 6. The number of hydrogen-bond acceptors (Lipinski definition) is 37. The first-order valence-corrected chi connectivity index (χ1v) is 48.3. The number of nitrogens with one attached hydrogen (secondary N) is 3. The van der Waals surface area contributed by atoms with Crippen molar-refractivity contribution >= 4 is 35.4 Å². The number of ketones is 1. The summed E-state index contributed by atoms with van der Waals surface area (Å²) in [7, 11) is 0. The maximum Gasteiger partial charge on any atom is 0.364 e. The number of carbonyl (C=O) groups excluding carboxylic acids is 4. The predicted octanol–water partition coefficient (Wildman–Crippen LogP) is -0.604. The maximum absolute atomic E-state index is 14.5. The van der Waals surface area contributed by atoms with E-state index in [0.29, 0.717) is 12.8 Å². The molecule has 6 heterocycles. The van der Waals surface area contributed by atoms with E-state index in [1.165, 1.54) is 128 Å². The summed E-state index contributed by atoms with van der Waals surface area (Å²) in [6.07, 6.45) is -26.9. The van der Waals surface area contributed by atoms with Gasteiger partial charge >= 0.3 is 11.9 Å². The number of carboxylic acids is 2. The van der Waals surface area contributed by atoms with Crippen LogP contribution >= 0.6 is 0 Å². The molecular formula is C90H161N3O39. The van der Waals surface area contributed by atoms with Gasteiger partial charge in [0.05, 0.1) is 88.8 Å². The zero-order valence-corrected chi connectivity index (χ0v) is 77.5. The number of hydrogen-bond donors (Lipinski definition) is 24. The van der Waals surface area contributed by atoms with Gasteiger partial charge in [0.15, 0.2) is 25.2 Å². The molecule has 2 unspecified atom stereocenters. The molecule has 6 saturated heterocycles. The van der Waals surface area contributed by atoms with E-state index in [1.807, 2.05) is 0 Å². The first-order valence-electron chi connectivity index (χ1n) is 48.3. The number of rotatable bonds is 66. The minimum atomic E-state index is -3.67. The van der Waals surface area contributed by atoms with E-state index in [2.05, 4.69) is 29.8 Å². The van der Waals surface area contributed by atoms with Crippen molar-refractivity contribution in [1.29, 1.82) is 0 Å². The summed E-state index contributed by atoms with van der Waals surface area (Å²) in [6, 6.07) is -5.01. The lowest BCUT2D eigenvalue weighted by molar-refractivity contribution is -0.407. The van der Waals surface area contributed by atoms with Crippen LogP contribution in [0, 0.1) is 5.92 Å². The molecule has 42 nitrogen and oxygen atoms in total. The van der Waals surface area contributed by atoms with E-state index in [0.717, 1.165) is 91.4 Å². The third-order valence-electron chi connectivity index (χ3n) is 26.0. The van der Waals surface area contributed by atoms with E-state index in [4.69, 9.17) is 56.8 Å². The molecule has 0 aromatic heterocycles. The molecule has 6 aliphatic rings. The molecule has 0 aromatic rings. The number of unbranched alkanes of at least 4 members (excludes halogenated alkanes) is 31. The van der Waals surface area contributed by atoms with Crippen molar-refractivity contribution in [2.45, 2.75) is 480 Å². The molecule has 24 N–H and O–H groups in total. The molecule has 3 amide bonds. The summed E-state index contributed by atoms with van der Waals surface area (Å²) in [5, 5.41) is 246. The van der Waals surface area contributed by atoms with Crippen molar-refractivity contribution in [2.24, 2.45) is 5.92 Å². The Bertz CT molecular complexity index is 3240. The second-order valence-corrected chi connectivity index (χ2v) is 36.7. The van der Waals surface area contributed by atoms with Gasteiger partial charge in [-0.3, -0.25) is 14.4 Å². The van der Waals surface area contributed by atoms with Crippen LogP contribution in [0.2, 0.25) is 0 Å². The molecule has 132 heavy (non-hydrogen) atoms. The number of aliphatic hydroxyl groups is 19. The summed E-state index contributed by atoms with van der Waals surface area (Å²) in [5.74, 6) is -16.5. The first kappa shape index (κ1) is 116. The van der Waals surface area contributed by atoms with E-state index in [-0.39, 0.29) is 12.8 Å². The van der Waals surface area contributed by atoms with Gasteiger partial charge in [-0.25, -0.2) is 9.59 Å². The van der Waals surface area contributed by atoms with Gasteiger partial charge in [-0.05, 0) is 19.8 Å². The number of aliphatic hydroxyl groups excluding tert-OH is 19. The molecule has 6 aliphatic heterocycles. The van der Waals surface area contributed by atoms with Crippen molar-refractivity contribution in [3.05, 3.63) is 0 Å². The second-order valence-electron chi connectivity index (χ2n) is 36.7. The third kappa shape index (κ3) is 35.2. The van der Waals surface area contributed by atoms with Gasteiger partial charge in [0.1, 0.15) is 128 Å². The molecule has 0 radical (unpaired) electrons. The van der Waals surface area contributed by atoms with Crippen LogP contribution in [-0.2, 0) is 85.6 Å². The highest BCUT2D eigenvalue weighted by Gasteiger charge is 2.64. The van der Waals surface area contributed by atoms with E-state index in [1.54, 1.807) is 0 Å². The van der Waals surface area contributed by atoms with Crippen LogP contribution in [-0.4, -0.2) is 390 Å². The Morgan fingerprint density at radius 3 is 1.25 bits per heavy atom. The smallest absolute Gasteiger partial charge is 0.364 e. The topological polar surface area (TPSA) is 674 Å². The summed E-state index contributed by atoms with van der Waals surface area (Å²) in [6.45, 7) is -0.669. The zero-order valence-electron chi connectivity index (χ0n) is 77.5. The molecule has 0 bridgehead atoms. The normalized spacial score (nSPS) is 34.2. The molecule has 6 fully saturated rings. The van der Waals surface area contributed by atoms with Crippen LogP contribution in [0.3, 0.4) is 0 Å². The molecule has 0 saturated carbocycles. The lowest BCUT2D eigenvalue weighted by atomic mass is 9.86. The fourth-order valence-electron chi connectivity index (χ4n) is 18.3. The Kier molecular flexibility index (Phi) is 53.6. The molecule has 0 aliphatic carbocycles. The standard InChI is InChI=1S/C90H161N3O39/c1-6-8-10-12-14-16-18-20-21-22-23-24-25-26-28-30-32-34-36-38-40-65(107)93-55(56(103)39-37-35-33-31-29-27-19-17-15-13-11-9-7-2)50-121-84-75(115)73(113)78(63(48-98)124-84)127-86-76(116)82(79(64(49-99)125-86)128-83-54(41-51(3)100)77(70(110)61(46-96)122-83)126-85-74(114)72(112)69(109)60(45-95)123-85)132-90(88(119)120)43-58(105)67(92-53(5)102)81(131-90)71(111)62(47-97)129-89(87(117)118)42-57(104)66(91-52(4)101)80(130-89)68(108)59(106)44-94/h54-64,66-86,94-99,103-106,108-116H,6-50H2,1-5H3,(H,91,101)(H,92,102)(H,93,107)(H,117,118)(H,119,120)/t54-,55+,56-,57+,58+,59-,60-,61-,62-,63-,64-,66-,67-,68-,69+,70+,71-,72+,73-,74-,75-,76-,77-,78-,79+,80?,81?,82-,83+,84-,85+,86+,89-,90+/m1/s1. The van der Waals surface area contributed by atoms with E-state index < -0.39 is 308 Å². The molecule has 770 valence electrons. The van der Waals surface area contributed by atoms with E-state index >= 15 is 0 Å². The van der Waals surface area contributed by atoms with Gasteiger partial charge in [0.25, 0.3) is 11.6 Å². The quantitative estimate of drug-likeness (QED) is 0.0338. The lowest BCUT2D eigenvalue weighted by Crippen LogP contribution is -2.72. The molecule has 42 heteroatoms. The molecule has 34 atom stereocenters. The van der Waals surface area contributed by atoms with Crippen molar-refractivity contribution < 1.29 is 193 Å². The average Bonchev–Trinajstić information content (AvgIpc) is 0.742. The highest BCUT2D eigenvalue weighted by atomic mass is 16.8. The summed E-state index contributed by atoms with van der Waals surface area (Å²) in [5.41, 5.74) is 0. The third-order valence-corrected chi connectivity index (χ3v) is 26.0. The largest absolute Gasteiger partial charge is 0.477 e. The van der Waals surface area contributed by atoms with Crippen LogP contribution in [0.25, 0.3) is 0 Å². The Labute approximate surface area is 773 Å². The van der Waals surface area contributed by atoms with Gasteiger partial charge in [0, 0.05) is 45.4 Å². The SMILES string of the molecule is CCCCCCCCCCCCCCCCCCCCCCC(=O)N[C@@H](CO[C@@H]1O[C@H](CO)[C@@H](O[C@@H]2O[C@H](CO)[C@H](O[C@@H]3O[C@H](CO)[C@H](O)[C@H](O[C@@H]4O[C@H](CO)[C@H](O)[C@H](O)[C@H]4O)[C@H]3CC(C)=O)[C@H](O[C@]3(C(=O)O)C[C@H](O)[C@@H](NC(C)=O)C([C@H](O)[C@@H](CO)O[C@]4(C(=O)O)C[C@H](O)[C@@H](NC(C)=O)C([C@H](O)[C@H](O)CO)O4)O3)[C@H]2O)[C@H](O)[C@H]1O)[C@H](O)CCCCCCCCCCCCCCC. The van der Waals surface area contributed by atoms with Crippen molar-refractivity contribution in [2.75, 3.05) is 46.2 Å². The summed E-state index contributed by atoms with van der Waals surface area (Å²) < 4.78 is 72.7. The molecule has 0 aromatic carbocycles. The Morgan fingerprint density at radius 2 is 0.795 bits per heavy atom. The van der Waals surface area contributed by atoms with Gasteiger partial charge in [-0.2, -0.15) is 0 Å². The minimum Gasteiger partial charge on any atom is -0.477 e. The highest BCUT2D eigenvalue weighted by Crippen LogP contribution is 2.44. The Hall–Kier alpha value is -4.22. The van der Waals surface area contributed by atoms with Crippen LogP contribution in [0.1, 0.15) is 279 Å². The van der Waals surface area contributed by atoms with Crippen LogP contribution in [0.5, 0.6) is 0 Å². The monoisotopic (exact) mass is 1910 g/mol. The summed E-state index contributed by atoms with van der Waals surface area (Å²) in [4.78, 5) is 80.7. The molecule has 6 rings (SSSR count). The number of amides is 3.